The first-order valence-corrected chi connectivity index (χ1v) is 6.90. The number of hydrogen-bond acceptors (Lipinski definition) is 2. The van der Waals surface area contributed by atoms with Gasteiger partial charge in [0.2, 0.25) is 5.91 Å². The molecule has 3 nitrogen and oxygen atoms in total. The minimum atomic E-state index is -0.201. The average Bonchev–Trinajstić information content (AvgIpc) is 2.66. The van der Waals surface area contributed by atoms with Crippen LogP contribution in [0.3, 0.4) is 0 Å². The van der Waals surface area contributed by atoms with Crippen LogP contribution in [0.2, 0.25) is 0 Å². The first-order chi connectivity index (χ1) is 7.42. The number of alkyl halides is 1. The first-order valence-electron chi connectivity index (χ1n) is 5.98. The summed E-state index contributed by atoms with van der Waals surface area (Å²) in [4.78, 5) is 12.0. The minimum Gasteiger partial charge on any atom is -0.378 e. The lowest BCUT2D eigenvalue weighted by molar-refractivity contribution is -0.123. The van der Waals surface area contributed by atoms with Gasteiger partial charge in [0, 0.05) is 23.4 Å². The van der Waals surface area contributed by atoms with E-state index in [9.17, 15) is 4.79 Å². The molecule has 1 rings (SSSR count). The predicted molar refractivity (Wildman–Crippen MR) is 68.8 cm³/mol. The van der Waals surface area contributed by atoms with E-state index in [2.05, 4.69) is 21.2 Å². The zero-order valence-electron chi connectivity index (χ0n) is 10.4. The van der Waals surface area contributed by atoms with Gasteiger partial charge in [0.15, 0.2) is 0 Å². The topological polar surface area (TPSA) is 38.3 Å². The van der Waals surface area contributed by atoms with Crippen molar-refractivity contribution in [2.75, 3.05) is 6.61 Å². The van der Waals surface area contributed by atoms with Crippen molar-refractivity contribution < 1.29 is 9.53 Å². The van der Waals surface area contributed by atoms with Crippen LogP contribution in [0, 0.1) is 0 Å². The van der Waals surface area contributed by atoms with E-state index < -0.39 is 0 Å². The molecule has 2 atom stereocenters. The fourth-order valence-electron chi connectivity index (χ4n) is 1.69. The van der Waals surface area contributed by atoms with Crippen molar-refractivity contribution in [3.05, 3.63) is 0 Å². The van der Waals surface area contributed by atoms with Gasteiger partial charge in [-0.05, 0) is 33.1 Å². The zero-order valence-corrected chi connectivity index (χ0v) is 12.0. The van der Waals surface area contributed by atoms with Gasteiger partial charge in [0.1, 0.15) is 0 Å². The van der Waals surface area contributed by atoms with Crippen molar-refractivity contribution in [2.24, 2.45) is 0 Å². The van der Waals surface area contributed by atoms with Gasteiger partial charge >= 0.3 is 0 Å². The van der Waals surface area contributed by atoms with Crippen molar-refractivity contribution >= 4 is 21.8 Å². The molecule has 1 aliphatic heterocycles. The van der Waals surface area contributed by atoms with E-state index in [4.69, 9.17) is 4.74 Å². The van der Waals surface area contributed by atoms with Crippen LogP contribution in [-0.4, -0.2) is 29.0 Å². The van der Waals surface area contributed by atoms with Crippen molar-refractivity contribution in [2.45, 2.75) is 62.9 Å². The molecule has 16 heavy (non-hydrogen) atoms. The molecule has 4 heteroatoms. The summed E-state index contributed by atoms with van der Waals surface area (Å²) in [6.07, 6.45) is 3.95. The van der Waals surface area contributed by atoms with E-state index in [1.165, 1.54) is 0 Å². The maximum atomic E-state index is 11.7. The van der Waals surface area contributed by atoms with Crippen molar-refractivity contribution in [3.8, 4) is 0 Å². The van der Waals surface area contributed by atoms with Crippen LogP contribution in [0.5, 0.6) is 0 Å². The molecule has 0 aromatic carbocycles. The number of carbonyl (C=O) groups is 1. The number of carbonyl (C=O) groups excluding carboxylic acids is 1. The summed E-state index contributed by atoms with van der Waals surface area (Å²) in [5.41, 5.74) is -0.201. The zero-order chi connectivity index (χ0) is 12.2. The van der Waals surface area contributed by atoms with E-state index in [0.717, 1.165) is 25.9 Å². The van der Waals surface area contributed by atoms with Crippen molar-refractivity contribution in [1.82, 2.24) is 5.32 Å². The normalized spacial score (nSPS) is 23.1. The summed E-state index contributed by atoms with van der Waals surface area (Å²) in [5, 5.41) is 3.04. The number of ether oxygens (including phenoxy) is 1. The number of hydrogen-bond donors (Lipinski definition) is 1. The molecule has 0 saturated carbocycles. The van der Waals surface area contributed by atoms with Crippen LogP contribution < -0.4 is 5.32 Å². The molecule has 1 heterocycles. The summed E-state index contributed by atoms with van der Waals surface area (Å²) in [7, 11) is 0. The summed E-state index contributed by atoms with van der Waals surface area (Å²) < 4.78 is 5.49. The van der Waals surface area contributed by atoms with Crippen LogP contribution in [0.1, 0.15) is 46.5 Å². The molecule has 0 aromatic heterocycles. The van der Waals surface area contributed by atoms with E-state index >= 15 is 0 Å². The first kappa shape index (κ1) is 14.0. The monoisotopic (exact) mass is 291 g/mol. The molecule has 0 aromatic rings. The number of halogens is 1. The van der Waals surface area contributed by atoms with E-state index in [-0.39, 0.29) is 16.3 Å². The van der Waals surface area contributed by atoms with Gasteiger partial charge in [-0.25, -0.2) is 0 Å². The van der Waals surface area contributed by atoms with Gasteiger partial charge in [-0.3, -0.25) is 4.79 Å². The second kappa shape index (κ2) is 6.01. The summed E-state index contributed by atoms with van der Waals surface area (Å²) in [6.45, 7) is 6.95. The maximum Gasteiger partial charge on any atom is 0.220 e. The molecule has 1 amide bonds. The second-order valence-electron chi connectivity index (χ2n) is 5.06. The molecule has 1 saturated heterocycles. The fourth-order valence-corrected chi connectivity index (χ4v) is 1.80. The largest absolute Gasteiger partial charge is 0.378 e. The van der Waals surface area contributed by atoms with Gasteiger partial charge in [0.25, 0.3) is 0 Å². The predicted octanol–water partition coefficient (Wildman–Crippen LogP) is 2.62. The fraction of sp³-hybridized carbons (Fsp3) is 0.917. The molecule has 1 fully saturated rings. The Kier molecular flexibility index (Phi) is 5.25. The Morgan fingerprint density at radius 1 is 1.62 bits per heavy atom. The highest BCUT2D eigenvalue weighted by molar-refractivity contribution is 9.09. The van der Waals surface area contributed by atoms with Crippen molar-refractivity contribution in [3.63, 3.8) is 0 Å². The third kappa shape index (κ3) is 4.42. The quantitative estimate of drug-likeness (QED) is 0.791. The minimum absolute atomic E-state index is 0.117. The van der Waals surface area contributed by atoms with Gasteiger partial charge in [0.05, 0.1) is 6.10 Å². The smallest absolute Gasteiger partial charge is 0.220 e. The Labute approximate surface area is 106 Å². The Morgan fingerprint density at radius 2 is 2.31 bits per heavy atom. The SMILES string of the molecule is CC(Br)C(C)(C)NC(=O)CCC1CCCO1. The van der Waals surface area contributed by atoms with E-state index in [1.54, 1.807) is 0 Å². The summed E-state index contributed by atoms with van der Waals surface area (Å²) in [6, 6.07) is 0. The van der Waals surface area contributed by atoms with E-state index in [1.807, 2.05) is 20.8 Å². The molecule has 0 spiro atoms. The van der Waals surface area contributed by atoms with Gasteiger partial charge in [-0.2, -0.15) is 0 Å². The number of amides is 1. The lowest BCUT2D eigenvalue weighted by atomic mass is 10.0. The second-order valence-corrected chi connectivity index (χ2v) is 6.43. The Morgan fingerprint density at radius 3 is 2.81 bits per heavy atom. The highest BCUT2D eigenvalue weighted by atomic mass is 79.9. The van der Waals surface area contributed by atoms with Gasteiger partial charge in [-0.15, -0.1) is 0 Å². The van der Waals surface area contributed by atoms with Gasteiger partial charge < -0.3 is 10.1 Å². The molecule has 1 N–H and O–H groups in total. The molecule has 1 aliphatic rings. The van der Waals surface area contributed by atoms with Crippen LogP contribution in [0.15, 0.2) is 0 Å². The van der Waals surface area contributed by atoms with Crippen LogP contribution in [0.4, 0.5) is 0 Å². The lowest BCUT2D eigenvalue weighted by Gasteiger charge is -2.29. The van der Waals surface area contributed by atoms with Crippen molar-refractivity contribution in [1.29, 1.82) is 0 Å². The molecule has 0 bridgehead atoms. The lowest BCUT2D eigenvalue weighted by Crippen LogP contribution is -2.48. The van der Waals surface area contributed by atoms with Crippen LogP contribution in [0.25, 0.3) is 0 Å². The molecular formula is C12H22BrNO2. The molecule has 2 unspecified atom stereocenters. The van der Waals surface area contributed by atoms with E-state index in [0.29, 0.717) is 12.5 Å². The average molecular weight is 292 g/mol. The van der Waals surface area contributed by atoms with Crippen LogP contribution in [-0.2, 0) is 9.53 Å². The Balaban J connectivity index is 2.24. The molecule has 0 aliphatic carbocycles. The molecular weight excluding hydrogens is 270 g/mol. The van der Waals surface area contributed by atoms with Crippen LogP contribution >= 0.6 is 15.9 Å². The Hall–Kier alpha value is -0.0900. The maximum absolute atomic E-state index is 11.7. The third-order valence-electron chi connectivity index (χ3n) is 3.17. The Bertz CT molecular complexity index is 235. The molecule has 0 radical (unpaired) electrons. The summed E-state index contributed by atoms with van der Waals surface area (Å²) in [5.74, 6) is 0.117. The third-order valence-corrected chi connectivity index (χ3v) is 4.32. The summed E-state index contributed by atoms with van der Waals surface area (Å²) >= 11 is 3.50. The van der Waals surface area contributed by atoms with Gasteiger partial charge in [-0.1, -0.05) is 22.9 Å². The standard InChI is InChI=1S/C12H22BrNO2/c1-9(13)12(2,3)14-11(15)7-6-10-5-4-8-16-10/h9-10H,4-8H2,1-3H3,(H,14,15). The highest BCUT2D eigenvalue weighted by Gasteiger charge is 2.26. The molecule has 94 valence electrons. The number of nitrogens with one attached hydrogen (secondary N) is 1. The number of rotatable bonds is 5. The highest BCUT2D eigenvalue weighted by Crippen LogP contribution is 2.19.